The fourth-order valence-electron chi connectivity index (χ4n) is 3.86. The van der Waals surface area contributed by atoms with Crippen molar-refractivity contribution in [2.75, 3.05) is 38.7 Å². The quantitative estimate of drug-likeness (QED) is 0.888. The number of carboxylic acids is 1. The summed E-state index contributed by atoms with van der Waals surface area (Å²) in [6, 6.07) is 8.49. The Morgan fingerprint density at radius 3 is 2.92 bits per heavy atom. The first-order valence-electron chi connectivity index (χ1n) is 9.11. The second-order valence-corrected chi connectivity index (χ2v) is 7.02. The molecule has 1 saturated heterocycles. The van der Waals surface area contributed by atoms with Gasteiger partial charge in [-0.05, 0) is 45.4 Å². The van der Waals surface area contributed by atoms with Crippen LogP contribution in [0.4, 0.5) is 5.69 Å². The first-order valence-corrected chi connectivity index (χ1v) is 9.11. The lowest BCUT2D eigenvalue weighted by Crippen LogP contribution is -2.36. The molecule has 1 atom stereocenters. The SMILES string of the molecule is COc1cccc2c(N3CCCC(N(C)CC(=O)O)CC3)cc(C)nc12. The molecule has 1 aliphatic heterocycles. The Morgan fingerprint density at radius 1 is 1.38 bits per heavy atom. The van der Waals surface area contributed by atoms with E-state index in [-0.39, 0.29) is 6.54 Å². The molecule has 1 unspecified atom stereocenters. The van der Waals surface area contributed by atoms with Gasteiger partial charge in [0, 0.05) is 35.9 Å². The summed E-state index contributed by atoms with van der Waals surface area (Å²) in [7, 11) is 3.58. The van der Waals surface area contributed by atoms with E-state index >= 15 is 0 Å². The predicted octanol–water partition coefficient (Wildman–Crippen LogP) is 2.93. The lowest BCUT2D eigenvalue weighted by molar-refractivity contribution is -0.138. The summed E-state index contributed by atoms with van der Waals surface area (Å²) in [6.07, 6.45) is 3.02. The van der Waals surface area contributed by atoms with Crippen LogP contribution in [0.3, 0.4) is 0 Å². The molecule has 2 aromatic rings. The van der Waals surface area contributed by atoms with E-state index in [9.17, 15) is 4.79 Å². The van der Waals surface area contributed by atoms with E-state index in [1.54, 1.807) is 7.11 Å². The molecule has 2 heterocycles. The Hall–Kier alpha value is -2.34. The number of para-hydroxylation sites is 1. The van der Waals surface area contributed by atoms with Gasteiger partial charge in [0.25, 0.3) is 0 Å². The zero-order valence-corrected chi connectivity index (χ0v) is 15.7. The van der Waals surface area contributed by atoms with E-state index in [1.165, 1.54) is 5.69 Å². The number of fused-ring (bicyclic) bond motifs is 1. The number of hydrogen-bond donors (Lipinski definition) is 1. The van der Waals surface area contributed by atoms with Gasteiger partial charge < -0.3 is 14.7 Å². The minimum atomic E-state index is -0.767. The highest BCUT2D eigenvalue weighted by Crippen LogP contribution is 2.33. The average Bonchev–Trinajstić information content (AvgIpc) is 2.86. The van der Waals surface area contributed by atoms with Gasteiger partial charge in [-0.15, -0.1) is 0 Å². The van der Waals surface area contributed by atoms with Crippen LogP contribution in [0.5, 0.6) is 5.75 Å². The van der Waals surface area contributed by atoms with Gasteiger partial charge in [-0.3, -0.25) is 9.69 Å². The average molecular weight is 357 g/mol. The van der Waals surface area contributed by atoms with Crippen LogP contribution in [0, 0.1) is 6.92 Å². The Kier molecular flexibility index (Phi) is 5.61. The van der Waals surface area contributed by atoms with E-state index in [0.29, 0.717) is 6.04 Å². The first kappa shape index (κ1) is 18.5. The lowest BCUT2D eigenvalue weighted by Gasteiger charge is -2.27. The van der Waals surface area contributed by atoms with Crippen LogP contribution in [0.2, 0.25) is 0 Å². The van der Waals surface area contributed by atoms with Crippen molar-refractivity contribution < 1.29 is 14.6 Å². The Labute approximate surface area is 154 Å². The summed E-state index contributed by atoms with van der Waals surface area (Å²) in [4.78, 5) is 20.0. The maximum absolute atomic E-state index is 11.0. The number of aliphatic carboxylic acids is 1. The highest BCUT2D eigenvalue weighted by Gasteiger charge is 2.23. The van der Waals surface area contributed by atoms with E-state index in [2.05, 4.69) is 22.0 Å². The lowest BCUT2D eigenvalue weighted by atomic mass is 10.1. The second kappa shape index (κ2) is 7.91. The zero-order valence-electron chi connectivity index (χ0n) is 15.7. The van der Waals surface area contributed by atoms with E-state index in [0.717, 1.165) is 54.7 Å². The molecule has 1 aliphatic rings. The van der Waals surface area contributed by atoms with Gasteiger partial charge in [0.05, 0.1) is 13.7 Å². The number of aromatic nitrogens is 1. The highest BCUT2D eigenvalue weighted by molar-refractivity contribution is 5.95. The van der Waals surface area contributed by atoms with E-state index in [4.69, 9.17) is 9.84 Å². The molecule has 0 spiro atoms. The van der Waals surface area contributed by atoms with E-state index < -0.39 is 5.97 Å². The maximum atomic E-state index is 11.0. The molecule has 0 saturated carbocycles. The number of benzene rings is 1. The third-order valence-corrected chi connectivity index (χ3v) is 5.17. The molecule has 1 N–H and O–H groups in total. The van der Waals surface area contributed by atoms with Crippen molar-refractivity contribution >= 4 is 22.6 Å². The number of carboxylic acid groups (broad SMARTS) is 1. The summed E-state index contributed by atoms with van der Waals surface area (Å²) in [6.45, 7) is 3.98. The fraction of sp³-hybridized carbons (Fsp3) is 0.500. The van der Waals surface area contributed by atoms with Gasteiger partial charge in [-0.1, -0.05) is 12.1 Å². The number of carbonyl (C=O) groups is 1. The van der Waals surface area contributed by atoms with Crippen molar-refractivity contribution in [2.24, 2.45) is 0 Å². The van der Waals surface area contributed by atoms with Crippen LogP contribution >= 0.6 is 0 Å². The molecule has 6 nitrogen and oxygen atoms in total. The molecular weight excluding hydrogens is 330 g/mol. The van der Waals surface area contributed by atoms with Crippen molar-refractivity contribution in [3.05, 3.63) is 30.0 Å². The molecule has 6 heteroatoms. The minimum absolute atomic E-state index is 0.0964. The van der Waals surface area contributed by atoms with Gasteiger partial charge in [-0.25, -0.2) is 4.98 Å². The Balaban J connectivity index is 1.87. The number of pyridine rings is 1. The van der Waals surface area contributed by atoms with E-state index in [1.807, 2.05) is 31.0 Å². The van der Waals surface area contributed by atoms with Crippen LogP contribution in [0.25, 0.3) is 10.9 Å². The van der Waals surface area contributed by atoms with Crippen molar-refractivity contribution in [1.82, 2.24) is 9.88 Å². The summed E-state index contributed by atoms with van der Waals surface area (Å²) in [5.74, 6) is 0.0257. The number of methoxy groups -OCH3 is 1. The molecular formula is C20H27N3O3. The standard InChI is InChI=1S/C20H27N3O3/c1-14-12-17(16-7-4-8-18(26-3)20(16)21-14)23-10-5-6-15(9-11-23)22(2)13-19(24)25/h4,7-8,12,15H,5-6,9-11,13H2,1-3H3,(H,24,25). The molecule has 1 fully saturated rings. The van der Waals surface area contributed by atoms with Crippen LogP contribution in [-0.2, 0) is 4.79 Å². The zero-order chi connectivity index (χ0) is 18.7. The molecule has 0 aliphatic carbocycles. The molecule has 26 heavy (non-hydrogen) atoms. The van der Waals surface area contributed by atoms with Crippen LogP contribution in [0.1, 0.15) is 25.0 Å². The van der Waals surface area contributed by atoms with Crippen molar-refractivity contribution in [2.45, 2.75) is 32.2 Å². The topological polar surface area (TPSA) is 65.9 Å². The smallest absolute Gasteiger partial charge is 0.317 e. The monoisotopic (exact) mass is 357 g/mol. The van der Waals surface area contributed by atoms with Crippen molar-refractivity contribution in [3.63, 3.8) is 0 Å². The normalized spacial score (nSPS) is 18.2. The van der Waals surface area contributed by atoms with Crippen LogP contribution < -0.4 is 9.64 Å². The van der Waals surface area contributed by atoms with Gasteiger partial charge in [-0.2, -0.15) is 0 Å². The number of aryl methyl sites for hydroxylation is 1. The summed E-state index contributed by atoms with van der Waals surface area (Å²) < 4.78 is 5.49. The van der Waals surface area contributed by atoms with Gasteiger partial charge in [0.15, 0.2) is 0 Å². The largest absolute Gasteiger partial charge is 0.494 e. The number of likely N-dealkylation sites (N-methyl/N-ethyl adjacent to an activating group) is 1. The van der Waals surface area contributed by atoms with Crippen molar-refractivity contribution in [1.29, 1.82) is 0 Å². The summed E-state index contributed by atoms with van der Waals surface area (Å²) in [5.41, 5.74) is 3.06. The summed E-state index contributed by atoms with van der Waals surface area (Å²) >= 11 is 0. The Morgan fingerprint density at radius 2 is 2.19 bits per heavy atom. The fourth-order valence-corrected chi connectivity index (χ4v) is 3.86. The molecule has 0 bridgehead atoms. The third-order valence-electron chi connectivity index (χ3n) is 5.17. The first-order chi connectivity index (χ1) is 12.5. The molecule has 1 aromatic heterocycles. The van der Waals surface area contributed by atoms with Crippen LogP contribution in [-0.4, -0.2) is 60.8 Å². The van der Waals surface area contributed by atoms with Crippen molar-refractivity contribution in [3.8, 4) is 5.75 Å². The molecule has 1 aromatic carbocycles. The molecule has 140 valence electrons. The number of hydrogen-bond acceptors (Lipinski definition) is 5. The minimum Gasteiger partial charge on any atom is -0.494 e. The molecule has 0 radical (unpaired) electrons. The van der Waals surface area contributed by atoms with Gasteiger partial charge in [0.1, 0.15) is 11.3 Å². The number of anilines is 1. The van der Waals surface area contributed by atoms with Crippen LogP contribution in [0.15, 0.2) is 24.3 Å². The highest BCUT2D eigenvalue weighted by atomic mass is 16.5. The second-order valence-electron chi connectivity index (χ2n) is 7.02. The number of nitrogens with zero attached hydrogens (tertiary/aromatic N) is 3. The van der Waals surface area contributed by atoms with Gasteiger partial charge >= 0.3 is 5.97 Å². The molecule has 3 rings (SSSR count). The number of rotatable bonds is 5. The predicted molar refractivity (Wildman–Crippen MR) is 103 cm³/mol. The summed E-state index contributed by atoms with van der Waals surface area (Å²) in [5, 5.41) is 10.1. The maximum Gasteiger partial charge on any atom is 0.317 e. The Bertz CT molecular complexity index is 793. The molecule has 0 amide bonds. The third kappa shape index (κ3) is 3.90. The van der Waals surface area contributed by atoms with Gasteiger partial charge in [0.2, 0.25) is 0 Å². The number of ether oxygens (including phenoxy) is 1.